The van der Waals surface area contributed by atoms with Crippen LogP contribution < -0.4 is 21.5 Å². The summed E-state index contributed by atoms with van der Waals surface area (Å²) < 4.78 is 1.58. The van der Waals surface area contributed by atoms with Crippen LogP contribution in [-0.4, -0.2) is 52.6 Å². The standard InChI is InChI=1S/C12H22N6O.C7H8.C3H8.CH4NOP.Ir/c1-12(3-5-14-6-4-12)15-11(19)9-18-8-10(7-13-2)16-17-18;1-7-5-3-2-4-6-7;1-3-2;2-4-1-3;/h8,13-14H,3-7,9H2,1-2H3,(H,15,19);2-6H,1H3;3H2,1-2H3;1,4H,2H2;. The minimum atomic E-state index is -0.100. The molecule has 2 heterocycles. The molecule has 11 heteroatoms. The molecule has 0 aliphatic carbocycles. The Kier molecular flexibility index (Phi) is 22.4. The van der Waals surface area contributed by atoms with Crippen LogP contribution in [0.25, 0.3) is 0 Å². The maximum atomic E-state index is 12.0. The first-order valence-electron chi connectivity index (χ1n) is 11.3. The Labute approximate surface area is 220 Å². The smallest absolute Gasteiger partial charge is 0.242 e. The van der Waals surface area contributed by atoms with Crippen LogP contribution in [0.1, 0.15) is 51.3 Å². The number of nitrogens with zero attached hydrogens (tertiary/aromatic N) is 3. The Morgan fingerprint density at radius 3 is 2.26 bits per heavy atom. The molecule has 195 valence electrons. The Hall–Kier alpha value is -1.54. The van der Waals surface area contributed by atoms with Crippen LogP contribution in [0, 0.1) is 6.92 Å². The number of hydrogen-bond acceptors (Lipinski definition) is 7. The van der Waals surface area contributed by atoms with Crippen molar-refractivity contribution in [2.24, 2.45) is 5.50 Å². The number of piperidine rings is 1. The molecule has 2 aromatic rings. The van der Waals surface area contributed by atoms with Gasteiger partial charge in [0, 0.05) is 40.9 Å². The normalized spacial score (nSPS) is 13.6. The van der Waals surface area contributed by atoms with Crippen LogP contribution in [0.5, 0.6) is 0 Å². The fourth-order valence-electron chi connectivity index (χ4n) is 2.84. The van der Waals surface area contributed by atoms with E-state index in [4.69, 9.17) is 4.79 Å². The maximum Gasteiger partial charge on any atom is 0.242 e. The van der Waals surface area contributed by atoms with Gasteiger partial charge in [-0.25, -0.2) is 4.68 Å². The monoisotopic (exact) mass is 672 g/mol. The summed E-state index contributed by atoms with van der Waals surface area (Å²) in [6.45, 7) is 11.2. The molecule has 3 rings (SSSR count). The number of aromatic nitrogens is 3. The molecule has 1 atom stereocenters. The van der Waals surface area contributed by atoms with Gasteiger partial charge >= 0.3 is 0 Å². The second-order valence-electron chi connectivity index (χ2n) is 7.94. The average Bonchev–Trinajstić information content (AvgIpc) is 3.22. The zero-order valence-electron chi connectivity index (χ0n) is 21.1. The van der Waals surface area contributed by atoms with Gasteiger partial charge in [-0.3, -0.25) is 9.59 Å². The van der Waals surface area contributed by atoms with Crippen molar-refractivity contribution < 1.29 is 29.7 Å². The van der Waals surface area contributed by atoms with Gasteiger partial charge in [0.25, 0.3) is 0 Å². The molecule has 1 aliphatic rings. The Bertz CT molecular complexity index is 757. The van der Waals surface area contributed by atoms with Gasteiger partial charge in [-0.2, -0.15) is 0 Å². The van der Waals surface area contributed by atoms with E-state index in [1.54, 1.807) is 10.9 Å². The molecule has 1 fully saturated rings. The number of benzene rings is 1. The van der Waals surface area contributed by atoms with Crippen molar-refractivity contribution in [3.05, 3.63) is 47.8 Å². The zero-order valence-corrected chi connectivity index (χ0v) is 24.5. The van der Waals surface area contributed by atoms with E-state index in [0.717, 1.165) is 31.6 Å². The predicted octanol–water partition coefficient (Wildman–Crippen LogP) is 2.39. The molecule has 34 heavy (non-hydrogen) atoms. The van der Waals surface area contributed by atoms with Gasteiger partial charge in [0.1, 0.15) is 6.54 Å². The second kappa shape index (κ2) is 22.0. The van der Waals surface area contributed by atoms with E-state index in [0.29, 0.717) is 12.6 Å². The molecule has 9 nitrogen and oxygen atoms in total. The first-order chi connectivity index (χ1) is 15.8. The van der Waals surface area contributed by atoms with Gasteiger partial charge in [-0.15, -0.1) is 5.10 Å². The van der Waals surface area contributed by atoms with Crippen LogP contribution in [-0.2, 0) is 42.8 Å². The van der Waals surface area contributed by atoms with Crippen molar-refractivity contribution in [2.75, 3.05) is 20.1 Å². The average molecular weight is 672 g/mol. The summed E-state index contributed by atoms with van der Waals surface area (Å²) in [6, 6.07) is 10.9. The summed E-state index contributed by atoms with van der Waals surface area (Å²) in [4.78, 5) is 21.1. The topological polar surface area (TPSA) is 127 Å². The first-order valence-corrected chi connectivity index (χ1v) is 12.5. The molecule has 0 spiro atoms. The van der Waals surface area contributed by atoms with E-state index < -0.39 is 0 Å². The molecule has 1 saturated heterocycles. The van der Waals surface area contributed by atoms with Crippen molar-refractivity contribution in [3.8, 4) is 0 Å². The van der Waals surface area contributed by atoms with Crippen molar-refractivity contribution in [2.45, 2.75) is 65.6 Å². The third kappa shape index (κ3) is 17.9. The van der Waals surface area contributed by atoms with E-state index in [1.165, 1.54) is 12.0 Å². The SMILES string of the molecule is CCC.CNCc1cn(CC(=O)NC2(C)CCNCC2)nn1.Cc1ccccc1.NPC=O.[Ir]. The summed E-state index contributed by atoms with van der Waals surface area (Å²) in [7, 11) is 1.81. The Morgan fingerprint density at radius 1 is 1.26 bits per heavy atom. The summed E-state index contributed by atoms with van der Waals surface area (Å²) in [5, 5.41) is 17.3. The molecule has 1 unspecified atom stereocenters. The zero-order chi connectivity index (χ0) is 25.0. The molecule has 1 radical (unpaired) electrons. The van der Waals surface area contributed by atoms with Crippen LogP contribution >= 0.6 is 8.73 Å². The van der Waals surface area contributed by atoms with Gasteiger partial charge in [0.15, 0.2) is 6.03 Å². The number of carbonyl (C=O) groups excluding carboxylic acids is 2. The first kappa shape index (κ1) is 34.6. The molecule has 0 saturated carbocycles. The van der Waals surface area contributed by atoms with Crippen molar-refractivity contribution in [1.82, 2.24) is 30.9 Å². The molecule has 5 N–H and O–H groups in total. The number of hydrogen-bond donors (Lipinski definition) is 4. The van der Waals surface area contributed by atoms with Crippen molar-refractivity contribution >= 4 is 20.7 Å². The fraction of sp³-hybridized carbons (Fsp3) is 0.565. The largest absolute Gasteiger partial charge is 0.349 e. The van der Waals surface area contributed by atoms with Crippen molar-refractivity contribution in [3.63, 3.8) is 0 Å². The molecule has 1 aromatic heterocycles. The fourth-order valence-corrected chi connectivity index (χ4v) is 2.84. The number of nitrogens with one attached hydrogen (secondary N) is 3. The van der Waals surface area contributed by atoms with Crippen molar-refractivity contribution in [1.29, 1.82) is 0 Å². The summed E-state index contributed by atoms with van der Waals surface area (Å²) >= 11 is 0. The predicted molar refractivity (Wildman–Crippen MR) is 138 cm³/mol. The van der Waals surface area contributed by atoms with E-state index in [9.17, 15) is 4.79 Å². The number of aryl methyl sites for hydroxylation is 1. The number of carbonyl (C=O) groups is 2. The molecule has 1 aromatic carbocycles. The molecule has 0 bridgehead atoms. The van der Waals surface area contributed by atoms with Crippen LogP contribution in [0.2, 0.25) is 0 Å². The molecule has 1 aliphatic heterocycles. The third-order valence-corrected chi connectivity index (χ3v) is 4.54. The summed E-state index contributed by atoms with van der Waals surface area (Å²) in [6.07, 6.45) is 4.96. The van der Waals surface area contributed by atoms with E-state index in [-0.39, 0.29) is 46.8 Å². The molecule has 1 amide bonds. The Balaban J connectivity index is 0. The van der Waals surface area contributed by atoms with Gasteiger partial charge in [0.2, 0.25) is 5.91 Å². The Morgan fingerprint density at radius 2 is 1.82 bits per heavy atom. The van der Waals surface area contributed by atoms with E-state index in [2.05, 4.69) is 71.6 Å². The van der Waals surface area contributed by atoms with Crippen LogP contribution in [0.15, 0.2) is 36.5 Å². The van der Waals surface area contributed by atoms with Gasteiger partial charge < -0.3 is 21.5 Å². The van der Waals surface area contributed by atoms with Gasteiger partial charge in [-0.05, 0) is 46.8 Å². The number of rotatable bonds is 6. The minimum Gasteiger partial charge on any atom is -0.349 e. The second-order valence-corrected chi connectivity index (χ2v) is 8.51. The van der Waals surface area contributed by atoms with Gasteiger partial charge in [0.05, 0.1) is 11.9 Å². The van der Waals surface area contributed by atoms with Crippen LogP contribution in [0.3, 0.4) is 0 Å². The number of amides is 1. The molecular formula is C23H42IrN7O2P. The minimum absolute atomic E-state index is 0. The molecular weight excluding hydrogens is 629 g/mol. The van der Waals surface area contributed by atoms with Gasteiger partial charge in [-0.1, -0.05) is 61.4 Å². The third-order valence-electron chi connectivity index (χ3n) is 4.41. The summed E-state index contributed by atoms with van der Waals surface area (Å²) in [5.74, 6) is -0.00897. The summed E-state index contributed by atoms with van der Waals surface area (Å²) in [5.41, 5.74) is 6.75. The van der Waals surface area contributed by atoms with Crippen LogP contribution in [0.4, 0.5) is 0 Å². The maximum absolute atomic E-state index is 12.0. The quantitative estimate of drug-likeness (QED) is 0.275. The number of nitrogens with two attached hydrogens (primary N) is 1. The van der Waals surface area contributed by atoms with E-state index in [1.807, 2.05) is 25.2 Å². The van der Waals surface area contributed by atoms with E-state index >= 15 is 0 Å².